The molecule has 0 aliphatic carbocycles. The predicted octanol–water partition coefficient (Wildman–Crippen LogP) is 4.77. The molecule has 0 unspecified atom stereocenters. The van der Waals surface area contributed by atoms with Crippen molar-refractivity contribution in [2.45, 2.75) is 55.4 Å². The van der Waals surface area contributed by atoms with Crippen LogP contribution < -0.4 is 22.9 Å². The fraction of sp³-hybridized carbons (Fsp3) is 0.800. The van der Waals surface area contributed by atoms with E-state index in [2.05, 4.69) is 55.4 Å². The molecule has 0 aliphatic rings. The van der Waals surface area contributed by atoms with Crippen molar-refractivity contribution in [2.75, 3.05) is 49.3 Å². The molecule has 0 heterocycles. The molecule has 0 radical (unpaired) electrons. The summed E-state index contributed by atoms with van der Waals surface area (Å²) >= 11 is -4.17. The summed E-state index contributed by atoms with van der Waals surface area (Å²) in [7, 11) is -2.49. The van der Waals surface area contributed by atoms with Crippen LogP contribution in [0.3, 0.4) is 0 Å². The molecule has 0 rings (SSSR count). The van der Waals surface area contributed by atoms with Crippen molar-refractivity contribution >= 4 is 66.0 Å². The average Bonchev–Trinajstić information content (AvgIpc) is 2.82. The SMILES string of the molecule is CCP(CC)/N=C(\N)[Te](/C(N)=N/P(CC)CC)(/C(N)=N/P(CC)CC)/C(N)=N/P(CC)CC. The Bertz CT molecular complexity index is 568. The van der Waals surface area contributed by atoms with Crippen LogP contribution in [0.5, 0.6) is 0 Å². The number of hydrogen-bond acceptors (Lipinski definition) is 4. The molecular formula is C20H48N8P4Te. The normalized spacial score (nSPS) is 15.4. The van der Waals surface area contributed by atoms with Gasteiger partial charge in [-0.3, -0.25) is 0 Å². The van der Waals surface area contributed by atoms with Crippen LogP contribution in [0.4, 0.5) is 0 Å². The fourth-order valence-corrected chi connectivity index (χ4v) is 19.2. The Kier molecular flexibility index (Phi) is 18.0. The van der Waals surface area contributed by atoms with Gasteiger partial charge in [0.25, 0.3) is 0 Å². The zero-order chi connectivity index (χ0) is 25.6. The van der Waals surface area contributed by atoms with E-state index in [0.29, 0.717) is 15.5 Å². The van der Waals surface area contributed by atoms with Crippen LogP contribution >= 0.6 is 32.3 Å². The van der Waals surface area contributed by atoms with E-state index < -0.39 is 50.5 Å². The minimum atomic E-state index is -4.17. The van der Waals surface area contributed by atoms with Crippen molar-refractivity contribution < 1.29 is 0 Å². The summed E-state index contributed by atoms with van der Waals surface area (Å²) in [6.45, 7) is 17.1. The van der Waals surface area contributed by atoms with Gasteiger partial charge < -0.3 is 0 Å². The first-order chi connectivity index (χ1) is 15.7. The van der Waals surface area contributed by atoms with Crippen molar-refractivity contribution in [1.82, 2.24) is 0 Å². The van der Waals surface area contributed by atoms with Gasteiger partial charge in [-0.15, -0.1) is 0 Å². The molecule has 0 amide bonds. The van der Waals surface area contributed by atoms with Crippen LogP contribution in [0.2, 0.25) is 0 Å². The first-order valence-corrected chi connectivity index (χ1v) is 23.2. The minimum absolute atomic E-state index is 0.475. The Balaban J connectivity index is 7.43. The van der Waals surface area contributed by atoms with Crippen molar-refractivity contribution in [3.63, 3.8) is 0 Å². The van der Waals surface area contributed by atoms with Crippen LogP contribution in [-0.4, -0.2) is 83.0 Å². The van der Waals surface area contributed by atoms with Crippen LogP contribution in [0.1, 0.15) is 55.4 Å². The molecule has 0 spiro atoms. The Labute approximate surface area is 211 Å². The summed E-state index contributed by atoms with van der Waals surface area (Å²) in [6, 6.07) is 0. The monoisotopic (exact) mass is 654 g/mol. The van der Waals surface area contributed by atoms with E-state index in [0.717, 1.165) is 49.3 Å². The molecule has 33 heavy (non-hydrogen) atoms. The molecule has 0 aromatic heterocycles. The van der Waals surface area contributed by atoms with Crippen LogP contribution in [-0.2, 0) is 0 Å². The number of nitrogens with two attached hydrogens (primary N) is 4. The first kappa shape index (κ1) is 33.4. The van der Waals surface area contributed by atoms with Crippen LogP contribution in [0, 0.1) is 0 Å². The second kappa shape index (κ2) is 17.8. The molecule has 194 valence electrons. The Morgan fingerprint density at radius 1 is 0.424 bits per heavy atom. The second-order valence-electron chi connectivity index (χ2n) is 6.92. The molecule has 0 aromatic rings. The van der Waals surface area contributed by atoms with Gasteiger partial charge in [0.1, 0.15) is 0 Å². The maximum atomic E-state index is 6.87. The van der Waals surface area contributed by atoms with E-state index in [4.69, 9.17) is 42.0 Å². The van der Waals surface area contributed by atoms with E-state index >= 15 is 0 Å². The van der Waals surface area contributed by atoms with Gasteiger partial charge >= 0.3 is 213 Å². The van der Waals surface area contributed by atoms with Gasteiger partial charge in [-0.05, 0) is 0 Å². The van der Waals surface area contributed by atoms with Gasteiger partial charge in [0.15, 0.2) is 0 Å². The third-order valence-corrected chi connectivity index (χ3v) is 22.9. The van der Waals surface area contributed by atoms with E-state index in [-0.39, 0.29) is 0 Å². The molecule has 0 fully saturated rings. The molecule has 8 N–H and O–H groups in total. The number of amidine groups is 4. The van der Waals surface area contributed by atoms with Gasteiger partial charge in [0.2, 0.25) is 0 Å². The van der Waals surface area contributed by atoms with Gasteiger partial charge in [-0.25, -0.2) is 0 Å². The van der Waals surface area contributed by atoms with Crippen molar-refractivity contribution in [2.24, 2.45) is 42.0 Å². The van der Waals surface area contributed by atoms with Gasteiger partial charge in [-0.1, -0.05) is 0 Å². The number of rotatable bonds is 16. The molecule has 0 aromatic carbocycles. The molecule has 0 bridgehead atoms. The summed E-state index contributed by atoms with van der Waals surface area (Å²) < 4.78 is 21.9. The Morgan fingerprint density at radius 3 is 0.697 bits per heavy atom. The summed E-state index contributed by atoms with van der Waals surface area (Å²) in [6.07, 6.45) is 7.56. The van der Waals surface area contributed by atoms with E-state index in [1.165, 1.54) is 0 Å². The van der Waals surface area contributed by atoms with Crippen molar-refractivity contribution in [1.29, 1.82) is 0 Å². The first-order valence-electron chi connectivity index (χ1n) is 11.9. The fourth-order valence-electron chi connectivity index (χ4n) is 2.91. The average molecular weight is 652 g/mol. The quantitative estimate of drug-likeness (QED) is 0.0822. The molecule has 0 aliphatic heterocycles. The van der Waals surface area contributed by atoms with E-state index in [9.17, 15) is 0 Å². The summed E-state index contributed by atoms with van der Waals surface area (Å²) in [5.74, 6) is 0. The van der Waals surface area contributed by atoms with E-state index in [1.807, 2.05) is 0 Å². The Morgan fingerprint density at radius 2 is 0.576 bits per heavy atom. The van der Waals surface area contributed by atoms with Gasteiger partial charge in [0, 0.05) is 0 Å². The predicted molar refractivity (Wildman–Crippen MR) is 164 cm³/mol. The van der Waals surface area contributed by atoms with E-state index in [1.54, 1.807) is 0 Å². The van der Waals surface area contributed by atoms with Gasteiger partial charge in [-0.2, -0.15) is 0 Å². The molecule has 8 nitrogen and oxygen atoms in total. The molecule has 0 saturated carbocycles. The molecule has 0 saturated heterocycles. The molecular weight excluding hydrogens is 604 g/mol. The maximum absolute atomic E-state index is 6.87. The third kappa shape index (κ3) is 9.41. The summed E-state index contributed by atoms with van der Waals surface area (Å²) in [5.41, 5.74) is 27.5. The summed E-state index contributed by atoms with van der Waals surface area (Å²) in [5, 5.41) is 0. The third-order valence-electron chi connectivity index (χ3n) is 5.13. The topological polar surface area (TPSA) is 154 Å². The zero-order valence-corrected chi connectivity index (χ0v) is 27.9. The van der Waals surface area contributed by atoms with Gasteiger partial charge in [0.05, 0.1) is 0 Å². The second-order valence-corrected chi connectivity index (χ2v) is 25.1. The number of nitrogens with zero attached hydrogens (tertiary/aromatic N) is 4. The zero-order valence-electron chi connectivity index (χ0n) is 22.0. The summed E-state index contributed by atoms with van der Waals surface area (Å²) in [4.78, 5) is 0. The molecule has 0 atom stereocenters. The number of hydrogen-bond donors (Lipinski definition) is 4. The van der Waals surface area contributed by atoms with Crippen molar-refractivity contribution in [3.8, 4) is 0 Å². The van der Waals surface area contributed by atoms with Crippen molar-refractivity contribution in [3.05, 3.63) is 0 Å². The van der Waals surface area contributed by atoms with Crippen LogP contribution in [0.15, 0.2) is 19.1 Å². The standard InChI is InChI=1S/C20H48N8P4Te/c1-9-29(10-2)25-17(21)33(18(22)26-30(11-3)12-4,19(23)27-31(13-5)14-6)20(24)28-32(15-7)16-8/h9-16H2,1-8H3,(H2,21,25)(H2,22,26)(H2,23,27)(H2,24,28). The van der Waals surface area contributed by atoms with Crippen LogP contribution in [0.25, 0.3) is 0 Å². The Hall–Kier alpha value is 0.390. The molecule has 13 heteroatoms.